The fourth-order valence-corrected chi connectivity index (χ4v) is 2.28. The third-order valence-corrected chi connectivity index (χ3v) is 3.16. The largest absolute Gasteiger partial charge is 0.332 e. The SMILES string of the molecule is CCc1cn(CC)c2ncnc(C(C)(C)C)c12. The molecule has 2 aromatic rings. The predicted octanol–water partition coefficient (Wildman–Crippen LogP) is 3.31. The summed E-state index contributed by atoms with van der Waals surface area (Å²) in [6, 6.07) is 0. The van der Waals surface area contributed by atoms with Gasteiger partial charge in [-0.25, -0.2) is 9.97 Å². The van der Waals surface area contributed by atoms with E-state index in [1.165, 1.54) is 10.9 Å². The highest BCUT2D eigenvalue weighted by molar-refractivity contribution is 5.83. The summed E-state index contributed by atoms with van der Waals surface area (Å²) in [6.45, 7) is 11.9. The number of aromatic nitrogens is 3. The monoisotopic (exact) mass is 231 g/mol. The van der Waals surface area contributed by atoms with Gasteiger partial charge in [0.1, 0.15) is 12.0 Å². The predicted molar refractivity (Wildman–Crippen MR) is 71.3 cm³/mol. The average Bonchev–Trinajstić information content (AvgIpc) is 2.65. The first kappa shape index (κ1) is 12.1. The van der Waals surface area contributed by atoms with Gasteiger partial charge in [0.05, 0.1) is 5.69 Å². The maximum absolute atomic E-state index is 4.51. The number of nitrogens with zero attached hydrogens (tertiary/aromatic N) is 3. The Labute approximate surface area is 103 Å². The number of rotatable bonds is 2. The highest BCUT2D eigenvalue weighted by Gasteiger charge is 2.22. The van der Waals surface area contributed by atoms with E-state index in [1.807, 2.05) is 0 Å². The molecule has 0 atom stereocenters. The Morgan fingerprint density at radius 2 is 1.88 bits per heavy atom. The van der Waals surface area contributed by atoms with Crippen LogP contribution in [0.15, 0.2) is 12.5 Å². The zero-order chi connectivity index (χ0) is 12.6. The molecule has 92 valence electrons. The third kappa shape index (κ3) is 1.94. The van der Waals surface area contributed by atoms with Crippen LogP contribution in [0.4, 0.5) is 0 Å². The minimum atomic E-state index is 0.0606. The van der Waals surface area contributed by atoms with Crippen LogP contribution < -0.4 is 0 Å². The second-order valence-electron chi connectivity index (χ2n) is 5.46. The van der Waals surface area contributed by atoms with Crippen molar-refractivity contribution in [2.45, 2.75) is 53.0 Å². The third-order valence-electron chi connectivity index (χ3n) is 3.16. The molecule has 0 unspecified atom stereocenters. The van der Waals surface area contributed by atoms with E-state index in [9.17, 15) is 0 Å². The van der Waals surface area contributed by atoms with Crippen molar-refractivity contribution in [1.29, 1.82) is 0 Å². The molecule has 0 radical (unpaired) electrons. The molecule has 0 fully saturated rings. The average molecular weight is 231 g/mol. The Bertz CT molecular complexity index is 532. The molecule has 0 aliphatic heterocycles. The van der Waals surface area contributed by atoms with Gasteiger partial charge < -0.3 is 4.57 Å². The van der Waals surface area contributed by atoms with E-state index in [0.717, 1.165) is 24.3 Å². The molecule has 2 heterocycles. The van der Waals surface area contributed by atoms with Crippen molar-refractivity contribution in [3.63, 3.8) is 0 Å². The van der Waals surface area contributed by atoms with Crippen molar-refractivity contribution >= 4 is 11.0 Å². The fraction of sp³-hybridized carbons (Fsp3) is 0.571. The molecule has 3 nitrogen and oxygen atoms in total. The molecule has 0 N–H and O–H groups in total. The second kappa shape index (κ2) is 4.13. The van der Waals surface area contributed by atoms with Crippen LogP contribution >= 0.6 is 0 Å². The Morgan fingerprint density at radius 1 is 1.18 bits per heavy atom. The van der Waals surface area contributed by atoms with Gasteiger partial charge in [0.25, 0.3) is 0 Å². The van der Waals surface area contributed by atoms with Crippen LogP contribution in [0.5, 0.6) is 0 Å². The highest BCUT2D eigenvalue weighted by atomic mass is 15.0. The maximum atomic E-state index is 4.51. The summed E-state index contributed by atoms with van der Waals surface area (Å²) in [6.07, 6.45) is 4.93. The summed E-state index contributed by atoms with van der Waals surface area (Å²) in [5.41, 5.74) is 3.65. The van der Waals surface area contributed by atoms with Gasteiger partial charge in [0, 0.05) is 23.5 Å². The van der Waals surface area contributed by atoms with Crippen molar-refractivity contribution < 1.29 is 0 Å². The normalized spacial score (nSPS) is 12.3. The summed E-state index contributed by atoms with van der Waals surface area (Å²) in [4.78, 5) is 8.96. The molecule has 2 aromatic heterocycles. The number of hydrogen-bond donors (Lipinski definition) is 0. The molecule has 2 rings (SSSR count). The van der Waals surface area contributed by atoms with Crippen LogP contribution in [-0.4, -0.2) is 14.5 Å². The van der Waals surface area contributed by atoms with Gasteiger partial charge in [-0.05, 0) is 18.9 Å². The number of hydrogen-bond acceptors (Lipinski definition) is 2. The Morgan fingerprint density at radius 3 is 2.41 bits per heavy atom. The molecule has 0 aliphatic rings. The molecule has 0 spiro atoms. The van der Waals surface area contributed by atoms with Gasteiger partial charge in [-0.2, -0.15) is 0 Å². The molecule has 0 aliphatic carbocycles. The van der Waals surface area contributed by atoms with Crippen molar-refractivity contribution in [1.82, 2.24) is 14.5 Å². The number of fused-ring (bicyclic) bond motifs is 1. The van der Waals surface area contributed by atoms with Gasteiger partial charge in [-0.1, -0.05) is 27.7 Å². The molecule has 3 heteroatoms. The van der Waals surface area contributed by atoms with Gasteiger partial charge in [-0.15, -0.1) is 0 Å². The highest BCUT2D eigenvalue weighted by Crippen LogP contribution is 2.30. The van der Waals surface area contributed by atoms with E-state index in [1.54, 1.807) is 6.33 Å². The van der Waals surface area contributed by atoms with E-state index < -0.39 is 0 Å². The van der Waals surface area contributed by atoms with Crippen LogP contribution in [0.3, 0.4) is 0 Å². The zero-order valence-electron chi connectivity index (χ0n) is 11.4. The van der Waals surface area contributed by atoms with Crippen LogP contribution in [0, 0.1) is 0 Å². The zero-order valence-corrected chi connectivity index (χ0v) is 11.4. The maximum Gasteiger partial charge on any atom is 0.143 e. The molecular weight excluding hydrogens is 210 g/mol. The summed E-state index contributed by atoms with van der Waals surface area (Å²) in [5, 5.41) is 1.25. The minimum Gasteiger partial charge on any atom is -0.332 e. The first-order valence-electron chi connectivity index (χ1n) is 6.32. The Balaban J connectivity index is 2.83. The lowest BCUT2D eigenvalue weighted by Gasteiger charge is -2.19. The fourth-order valence-electron chi connectivity index (χ4n) is 2.28. The molecule has 0 bridgehead atoms. The summed E-state index contributed by atoms with van der Waals surface area (Å²) < 4.78 is 2.21. The first-order valence-corrected chi connectivity index (χ1v) is 6.32. The molecule has 0 amide bonds. The van der Waals surface area contributed by atoms with Crippen molar-refractivity contribution in [3.8, 4) is 0 Å². The standard InChI is InChI=1S/C14H21N3/c1-6-10-8-17(7-2)13-11(10)12(14(3,4)5)15-9-16-13/h8-9H,6-7H2,1-5H3. The van der Waals surface area contributed by atoms with Crippen molar-refractivity contribution in [2.75, 3.05) is 0 Å². The van der Waals surface area contributed by atoms with Gasteiger partial charge in [0.15, 0.2) is 0 Å². The lowest BCUT2D eigenvalue weighted by Crippen LogP contribution is -2.14. The first-order chi connectivity index (χ1) is 7.99. The second-order valence-corrected chi connectivity index (χ2v) is 5.46. The topological polar surface area (TPSA) is 30.7 Å². The Hall–Kier alpha value is -1.38. The molecular formula is C14H21N3. The van der Waals surface area contributed by atoms with Crippen LogP contribution in [0.2, 0.25) is 0 Å². The molecule has 17 heavy (non-hydrogen) atoms. The van der Waals surface area contributed by atoms with Crippen LogP contribution in [0.25, 0.3) is 11.0 Å². The van der Waals surface area contributed by atoms with Crippen molar-refractivity contribution in [2.24, 2.45) is 0 Å². The van der Waals surface area contributed by atoms with Crippen molar-refractivity contribution in [3.05, 3.63) is 23.8 Å². The molecule has 0 saturated carbocycles. The lowest BCUT2D eigenvalue weighted by molar-refractivity contribution is 0.573. The van der Waals surface area contributed by atoms with Gasteiger partial charge >= 0.3 is 0 Å². The van der Waals surface area contributed by atoms with E-state index in [4.69, 9.17) is 0 Å². The summed E-state index contributed by atoms with van der Waals surface area (Å²) in [5.74, 6) is 0. The smallest absolute Gasteiger partial charge is 0.143 e. The van der Waals surface area contributed by atoms with E-state index >= 15 is 0 Å². The van der Waals surface area contributed by atoms with E-state index in [2.05, 4.69) is 55.4 Å². The number of aryl methyl sites for hydroxylation is 2. The Kier molecular flexibility index (Phi) is 2.94. The van der Waals surface area contributed by atoms with Gasteiger partial charge in [-0.3, -0.25) is 0 Å². The summed E-state index contributed by atoms with van der Waals surface area (Å²) >= 11 is 0. The quantitative estimate of drug-likeness (QED) is 0.794. The van der Waals surface area contributed by atoms with E-state index in [0.29, 0.717) is 0 Å². The summed E-state index contributed by atoms with van der Waals surface area (Å²) in [7, 11) is 0. The van der Waals surface area contributed by atoms with Crippen LogP contribution in [-0.2, 0) is 18.4 Å². The molecule has 0 aromatic carbocycles. The lowest BCUT2D eigenvalue weighted by atomic mass is 9.89. The van der Waals surface area contributed by atoms with Gasteiger partial charge in [0.2, 0.25) is 0 Å². The minimum absolute atomic E-state index is 0.0606. The van der Waals surface area contributed by atoms with Crippen LogP contribution in [0.1, 0.15) is 45.9 Å². The van der Waals surface area contributed by atoms with E-state index in [-0.39, 0.29) is 5.41 Å². The molecule has 0 saturated heterocycles.